The Bertz CT molecular complexity index is 642. The third-order valence-electron chi connectivity index (χ3n) is 3.46. The Morgan fingerprint density at radius 3 is 2.57 bits per heavy atom. The van der Waals surface area contributed by atoms with Crippen LogP contribution in [0.25, 0.3) is 6.08 Å². The fraction of sp³-hybridized carbons (Fsp3) is 0.333. The molecule has 0 N–H and O–H groups in total. The van der Waals surface area contributed by atoms with Crippen molar-refractivity contribution in [3.05, 3.63) is 35.9 Å². The second kappa shape index (κ2) is 6.31. The Kier molecular flexibility index (Phi) is 4.63. The largest absolute Gasteiger partial charge is 0.573 e. The summed E-state index contributed by atoms with van der Waals surface area (Å²) in [5, 5.41) is 0. The van der Waals surface area contributed by atoms with Gasteiger partial charge in [0, 0.05) is 17.7 Å². The summed E-state index contributed by atoms with van der Waals surface area (Å²) < 4.78 is 45.8. The molecule has 1 aromatic carbocycles. The van der Waals surface area contributed by atoms with E-state index in [4.69, 9.17) is 0 Å². The minimum atomic E-state index is -4.88. The van der Waals surface area contributed by atoms with Crippen molar-refractivity contribution in [1.82, 2.24) is 4.90 Å². The maximum atomic E-state index is 12.4. The van der Waals surface area contributed by atoms with Gasteiger partial charge in [0.2, 0.25) is 0 Å². The normalized spacial score (nSPS) is 17.2. The van der Waals surface area contributed by atoms with Crippen molar-refractivity contribution < 1.29 is 32.2 Å². The Morgan fingerprint density at radius 2 is 2.09 bits per heavy atom. The lowest BCUT2D eigenvalue weighted by Gasteiger charge is -2.38. The Balaban J connectivity index is 2.26. The summed E-state index contributed by atoms with van der Waals surface area (Å²) in [5.41, 5.74) is 0.0930. The highest BCUT2D eigenvalue weighted by Gasteiger charge is 2.39. The summed E-state index contributed by atoms with van der Waals surface area (Å²) in [5.74, 6) is -1.64. The van der Waals surface area contributed by atoms with Crippen LogP contribution in [0.15, 0.2) is 24.8 Å². The van der Waals surface area contributed by atoms with Gasteiger partial charge >= 0.3 is 12.3 Å². The number of amides is 1. The third kappa shape index (κ3) is 3.64. The smallest absolute Gasteiger partial charge is 0.467 e. The number of esters is 1. The molecule has 1 atom stereocenters. The molecule has 0 saturated carbocycles. The highest BCUT2D eigenvalue weighted by Crippen LogP contribution is 2.30. The highest BCUT2D eigenvalue weighted by molar-refractivity contribution is 5.98. The van der Waals surface area contributed by atoms with E-state index in [9.17, 15) is 22.8 Å². The number of carbonyl (C=O) groups is 2. The molecule has 23 heavy (non-hydrogen) atoms. The van der Waals surface area contributed by atoms with Crippen molar-refractivity contribution in [3.63, 3.8) is 0 Å². The number of hydrogen-bond acceptors (Lipinski definition) is 4. The van der Waals surface area contributed by atoms with Crippen LogP contribution in [-0.2, 0) is 9.53 Å². The van der Waals surface area contributed by atoms with Gasteiger partial charge in [0.25, 0.3) is 5.91 Å². The summed E-state index contributed by atoms with van der Waals surface area (Å²) in [7, 11) is 1.21. The second-order valence-corrected chi connectivity index (χ2v) is 4.83. The van der Waals surface area contributed by atoms with Crippen molar-refractivity contribution in [2.24, 2.45) is 0 Å². The molecule has 5 nitrogen and oxygen atoms in total. The first-order chi connectivity index (χ1) is 10.8. The monoisotopic (exact) mass is 329 g/mol. The maximum Gasteiger partial charge on any atom is 0.573 e. The molecule has 1 aromatic rings. The summed E-state index contributed by atoms with van der Waals surface area (Å²) in [6.07, 6.45) is -3.24. The molecule has 8 heteroatoms. The fourth-order valence-corrected chi connectivity index (χ4v) is 2.23. The quantitative estimate of drug-likeness (QED) is 0.797. The van der Waals surface area contributed by atoms with Gasteiger partial charge in [-0.05, 0) is 18.6 Å². The predicted molar refractivity (Wildman–Crippen MR) is 74.7 cm³/mol. The van der Waals surface area contributed by atoms with Crippen molar-refractivity contribution in [2.75, 3.05) is 13.7 Å². The van der Waals surface area contributed by atoms with Crippen LogP contribution in [0, 0.1) is 0 Å². The van der Waals surface area contributed by atoms with Gasteiger partial charge in [0.15, 0.2) is 0 Å². The van der Waals surface area contributed by atoms with Gasteiger partial charge in [-0.1, -0.05) is 18.7 Å². The fourth-order valence-electron chi connectivity index (χ4n) is 2.23. The van der Waals surface area contributed by atoms with E-state index in [0.717, 1.165) is 6.07 Å². The van der Waals surface area contributed by atoms with Gasteiger partial charge in [-0.3, -0.25) is 4.79 Å². The van der Waals surface area contributed by atoms with E-state index >= 15 is 0 Å². The lowest BCUT2D eigenvalue weighted by molar-refractivity contribution is -0.274. The average Bonchev–Trinajstić information content (AvgIpc) is 2.44. The molecule has 1 saturated heterocycles. The molecule has 124 valence electrons. The first-order valence-electron chi connectivity index (χ1n) is 6.68. The Hall–Kier alpha value is -2.51. The van der Waals surface area contributed by atoms with E-state index in [1.165, 1.54) is 30.2 Å². The van der Waals surface area contributed by atoms with Gasteiger partial charge in [0.1, 0.15) is 11.8 Å². The summed E-state index contributed by atoms with van der Waals surface area (Å²) in [6, 6.07) is 2.93. The highest BCUT2D eigenvalue weighted by atomic mass is 19.4. The number of benzene rings is 1. The molecule has 0 aromatic heterocycles. The van der Waals surface area contributed by atoms with Crippen LogP contribution in [0.4, 0.5) is 13.2 Å². The SMILES string of the molecule is C=Cc1ccc(C(=O)N2CCC2C(=O)OC)cc1OC(F)(F)F. The first-order valence-corrected chi connectivity index (χ1v) is 6.68. The number of likely N-dealkylation sites (tertiary alicyclic amines) is 1. The molecule has 0 spiro atoms. The third-order valence-corrected chi connectivity index (χ3v) is 3.46. The van der Waals surface area contributed by atoms with Crippen LogP contribution in [0.2, 0.25) is 0 Å². The number of methoxy groups -OCH3 is 1. The summed E-state index contributed by atoms with van der Waals surface area (Å²) >= 11 is 0. The molecule has 2 rings (SSSR count). The number of halogens is 3. The lowest BCUT2D eigenvalue weighted by Crippen LogP contribution is -2.55. The summed E-state index contributed by atoms with van der Waals surface area (Å²) in [4.78, 5) is 25.1. The molecule has 1 fully saturated rings. The van der Waals surface area contributed by atoms with Crippen molar-refractivity contribution in [3.8, 4) is 5.75 Å². The molecular weight excluding hydrogens is 315 g/mol. The minimum absolute atomic E-state index is 0.0107. The molecule has 1 heterocycles. The second-order valence-electron chi connectivity index (χ2n) is 4.83. The molecule has 1 aliphatic rings. The minimum Gasteiger partial charge on any atom is -0.467 e. The van der Waals surface area contributed by atoms with Crippen LogP contribution in [-0.4, -0.2) is 42.8 Å². The molecule has 1 aliphatic heterocycles. The van der Waals surface area contributed by atoms with Crippen LogP contribution < -0.4 is 4.74 Å². The molecular formula is C15H14F3NO4. The van der Waals surface area contributed by atoms with Crippen molar-refractivity contribution in [2.45, 2.75) is 18.8 Å². The van der Waals surface area contributed by atoms with Crippen molar-refractivity contribution in [1.29, 1.82) is 0 Å². The van der Waals surface area contributed by atoms with E-state index in [2.05, 4.69) is 16.1 Å². The number of rotatable bonds is 4. The van der Waals surface area contributed by atoms with E-state index in [1.807, 2.05) is 0 Å². The molecule has 0 radical (unpaired) electrons. The number of nitrogens with zero attached hydrogens (tertiary/aromatic N) is 1. The van der Waals surface area contributed by atoms with Crippen LogP contribution in [0.5, 0.6) is 5.75 Å². The Labute approximate surface area is 130 Å². The van der Waals surface area contributed by atoms with Gasteiger partial charge in [-0.15, -0.1) is 13.2 Å². The maximum absolute atomic E-state index is 12.4. The molecule has 1 amide bonds. The van der Waals surface area contributed by atoms with E-state index in [-0.39, 0.29) is 11.1 Å². The first kappa shape index (κ1) is 16.9. The number of hydrogen-bond donors (Lipinski definition) is 0. The zero-order chi connectivity index (χ0) is 17.2. The zero-order valence-electron chi connectivity index (χ0n) is 12.2. The predicted octanol–water partition coefficient (Wildman–Crippen LogP) is 2.62. The van der Waals surface area contributed by atoms with Gasteiger partial charge < -0.3 is 14.4 Å². The van der Waals surface area contributed by atoms with E-state index in [1.54, 1.807) is 0 Å². The van der Waals surface area contributed by atoms with Crippen LogP contribution in [0.1, 0.15) is 22.3 Å². The van der Waals surface area contributed by atoms with E-state index in [0.29, 0.717) is 13.0 Å². The molecule has 1 unspecified atom stereocenters. The van der Waals surface area contributed by atoms with Crippen LogP contribution in [0.3, 0.4) is 0 Å². The average molecular weight is 329 g/mol. The topological polar surface area (TPSA) is 55.8 Å². The summed E-state index contributed by atoms with van der Waals surface area (Å²) in [6.45, 7) is 3.73. The van der Waals surface area contributed by atoms with E-state index < -0.39 is 30.0 Å². The number of carbonyl (C=O) groups excluding carboxylic acids is 2. The van der Waals surface area contributed by atoms with Crippen LogP contribution >= 0.6 is 0 Å². The Morgan fingerprint density at radius 1 is 1.39 bits per heavy atom. The zero-order valence-corrected chi connectivity index (χ0v) is 12.2. The molecule has 0 aliphatic carbocycles. The van der Waals surface area contributed by atoms with Gasteiger partial charge in [-0.2, -0.15) is 0 Å². The number of alkyl halides is 3. The van der Waals surface area contributed by atoms with Gasteiger partial charge in [0.05, 0.1) is 7.11 Å². The number of ether oxygens (including phenoxy) is 2. The molecule has 0 bridgehead atoms. The van der Waals surface area contributed by atoms with Crippen molar-refractivity contribution >= 4 is 18.0 Å². The lowest BCUT2D eigenvalue weighted by atomic mass is 10.0. The standard InChI is InChI=1S/C15H14F3NO4/c1-3-9-4-5-10(8-12(9)23-15(16,17)18)13(20)19-7-6-11(19)14(21)22-2/h3-5,8,11H,1,6-7H2,2H3. The van der Waals surface area contributed by atoms with Gasteiger partial charge in [-0.25, -0.2) is 4.79 Å².